The van der Waals surface area contributed by atoms with Gasteiger partial charge in [-0.15, -0.1) is 0 Å². The monoisotopic (exact) mass is 397 g/mol. The van der Waals surface area contributed by atoms with E-state index in [2.05, 4.69) is 10.3 Å². The number of hydrogen-bond donors (Lipinski definition) is 1. The van der Waals surface area contributed by atoms with Crippen molar-refractivity contribution in [1.29, 1.82) is 5.26 Å². The highest BCUT2D eigenvalue weighted by Crippen LogP contribution is 2.20. The molecular formula is C20H23N5O4. The van der Waals surface area contributed by atoms with Crippen LogP contribution in [-0.2, 0) is 14.3 Å². The first-order valence-corrected chi connectivity index (χ1v) is 9.38. The normalized spacial score (nSPS) is 14.6. The molecule has 1 N–H and O–H groups in total. The number of amides is 1. The van der Waals surface area contributed by atoms with E-state index in [0.717, 1.165) is 0 Å². The average molecular weight is 397 g/mol. The van der Waals surface area contributed by atoms with Crippen LogP contribution < -0.4 is 15.8 Å². The minimum atomic E-state index is -0.533. The van der Waals surface area contributed by atoms with Crippen molar-refractivity contribution in [3.8, 4) is 6.07 Å². The average Bonchev–Trinajstić information content (AvgIpc) is 2.76. The Balaban J connectivity index is 2.02. The van der Waals surface area contributed by atoms with Crippen LogP contribution in [0.4, 0.5) is 5.82 Å². The number of methoxy groups -OCH3 is 1. The molecule has 2 aromatic heterocycles. The van der Waals surface area contributed by atoms with E-state index in [0.29, 0.717) is 57.3 Å². The number of pyridine rings is 1. The van der Waals surface area contributed by atoms with E-state index in [1.54, 1.807) is 31.5 Å². The van der Waals surface area contributed by atoms with Crippen LogP contribution in [0.3, 0.4) is 0 Å². The Kier molecular flexibility index (Phi) is 6.94. The third kappa shape index (κ3) is 4.80. The lowest BCUT2D eigenvalue weighted by molar-refractivity contribution is -0.117. The minimum Gasteiger partial charge on any atom is -0.385 e. The van der Waals surface area contributed by atoms with Crippen molar-refractivity contribution in [2.24, 2.45) is 0 Å². The van der Waals surface area contributed by atoms with Crippen LogP contribution in [0.15, 0.2) is 34.8 Å². The highest BCUT2D eigenvalue weighted by Gasteiger charge is 2.21. The van der Waals surface area contributed by atoms with E-state index >= 15 is 0 Å². The van der Waals surface area contributed by atoms with Gasteiger partial charge in [0.15, 0.2) is 0 Å². The van der Waals surface area contributed by atoms with Gasteiger partial charge in [-0.3, -0.25) is 14.0 Å². The number of carbonyl (C=O) groups is 1. The molecule has 29 heavy (non-hydrogen) atoms. The van der Waals surface area contributed by atoms with Gasteiger partial charge in [-0.05, 0) is 24.6 Å². The Hall–Kier alpha value is -3.22. The van der Waals surface area contributed by atoms with Crippen LogP contribution in [-0.4, -0.2) is 61.9 Å². The SMILES string of the molecule is COCCCNC(=O)C(C#N)=Cc1c(N2CCOCC2)nc2ccccn2c1=O. The van der Waals surface area contributed by atoms with Gasteiger partial charge in [-0.25, -0.2) is 4.98 Å². The molecule has 0 saturated carbocycles. The summed E-state index contributed by atoms with van der Waals surface area (Å²) in [5, 5.41) is 12.2. The fourth-order valence-corrected chi connectivity index (χ4v) is 3.04. The van der Waals surface area contributed by atoms with Gasteiger partial charge >= 0.3 is 0 Å². The van der Waals surface area contributed by atoms with Crippen LogP contribution >= 0.6 is 0 Å². The Bertz CT molecular complexity index is 1000. The maximum atomic E-state index is 13.1. The van der Waals surface area contributed by atoms with Crippen LogP contribution in [0.25, 0.3) is 11.7 Å². The second kappa shape index (κ2) is 9.82. The van der Waals surface area contributed by atoms with Gasteiger partial charge in [0.1, 0.15) is 23.1 Å². The number of nitriles is 1. The first-order valence-electron chi connectivity index (χ1n) is 9.38. The fourth-order valence-electron chi connectivity index (χ4n) is 3.04. The molecule has 1 saturated heterocycles. The summed E-state index contributed by atoms with van der Waals surface area (Å²) in [5.41, 5.74) is 0.224. The largest absolute Gasteiger partial charge is 0.385 e. The van der Waals surface area contributed by atoms with Gasteiger partial charge in [-0.2, -0.15) is 5.26 Å². The van der Waals surface area contributed by atoms with Gasteiger partial charge < -0.3 is 19.7 Å². The van der Waals surface area contributed by atoms with Crippen molar-refractivity contribution < 1.29 is 14.3 Å². The van der Waals surface area contributed by atoms with Gasteiger partial charge in [0.2, 0.25) is 0 Å². The van der Waals surface area contributed by atoms with E-state index in [4.69, 9.17) is 9.47 Å². The number of hydrogen-bond acceptors (Lipinski definition) is 7. The van der Waals surface area contributed by atoms with Crippen LogP contribution in [0, 0.1) is 11.3 Å². The molecule has 0 atom stereocenters. The molecule has 0 aromatic carbocycles. The molecule has 2 aromatic rings. The van der Waals surface area contributed by atoms with Crippen molar-refractivity contribution >= 4 is 23.4 Å². The van der Waals surface area contributed by atoms with E-state index < -0.39 is 5.91 Å². The van der Waals surface area contributed by atoms with Gasteiger partial charge in [0, 0.05) is 39.5 Å². The summed E-state index contributed by atoms with van der Waals surface area (Å²) in [6.45, 7) is 3.05. The van der Waals surface area contributed by atoms with Crippen LogP contribution in [0.1, 0.15) is 12.0 Å². The topological polar surface area (TPSA) is 109 Å². The minimum absolute atomic E-state index is 0.147. The number of carbonyl (C=O) groups excluding carboxylic acids is 1. The highest BCUT2D eigenvalue weighted by molar-refractivity contribution is 6.02. The smallest absolute Gasteiger partial charge is 0.267 e. The predicted molar refractivity (Wildman–Crippen MR) is 108 cm³/mol. The lowest BCUT2D eigenvalue weighted by Gasteiger charge is -2.29. The van der Waals surface area contributed by atoms with Crippen molar-refractivity contribution in [3.05, 3.63) is 45.9 Å². The Morgan fingerprint density at radius 1 is 1.41 bits per heavy atom. The summed E-state index contributed by atoms with van der Waals surface area (Å²) in [7, 11) is 1.58. The van der Waals surface area contributed by atoms with Gasteiger partial charge in [0.05, 0.1) is 18.8 Å². The van der Waals surface area contributed by atoms with Gasteiger partial charge in [-0.1, -0.05) is 6.07 Å². The Morgan fingerprint density at radius 2 is 2.21 bits per heavy atom. The maximum absolute atomic E-state index is 13.1. The molecule has 0 bridgehead atoms. The molecule has 9 nitrogen and oxygen atoms in total. The third-order valence-electron chi connectivity index (χ3n) is 4.52. The molecule has 1 aliphatic heterocycles. The van der Waals surface area contributed by atoms with E-state index in [-0.39, 0.29) is 16.7 Å². The maximum Gasteiger partial charge on any atom is 0.267 e. The summed E-state index contributed by atoms with van der Waals surface area (Å²) >= 11 is 0. The predicted octanol–water partition coefficient (Wildman–Crippen LogP) is 0.591. The molecule has 0 unspecified atom stereocenters. The molecule has 1 amide bonds. The molecular weight excluding hydrogens is 374 g/mol. The first-order chi connectivity index (χ1) is 14.2. The molecule has 0 radical (unpaired) electrons. The Labute approximate surface area is 168 Å². The number of nitrogens with one attached hydrogen (secondary N) is 1. The summed E-state index contributed by atoms with van der Waals surface area (Å²) in [4.78, 5) is 32.1. The number of fused-ring (bicyclic) bond motifs is 1. The fraction of sp³-hybridized carbons (Fsp3) is 0.400. The first kappa shape index (κ1) is 20.5. The van der Waals surface area contributed by atoms with Crippen LogP contribution in [0.5, 0.6) is 0 Å². The molecule has 9 heteroatoms. The molecule has 1 fully saturated rings. The van der Waals surface area contributed by atoms with E-state index in [1.807, 2.05) is 11.0 Å². The molecule has 3 rings (SSSR count). The number of aromatic nitrogens is 2. The highest BCUT2D eigenvalue weighted by atomic mass is 16.5. The van der Waals surface area contributed by atoms with Crippen molar-refractivity contribution in [2.75, 3.05) is 51.5 Å². The zero-order valence-corrected chi connectivity index (χ0v) is 16.3. The molecule has 3 heterocycles. The second-order valence-electron chi connectivity index (χ2n) is 6.45. The zero-order valence-electron chi connectivity index (χ0n) is 16.3. The molecule has 1 aliphatic rings. The molecule has 152 valence electrons. The summed E-state index contributed by atoms with van der Waals surface area (Å²) < 4.78 is 11.7. The summed E-state index contributed by atoms with van der Waals surface area (Å²) in [6, 6.07) is 7.17. The molecule has 0 aliphatic carbocycles. The number of ether oxygens (including phenoxy) is 2. The summed E-state index contributed by atoms with van der Waals surface area (Å²) in [5.74, 6) is -0.0847. The van der Waals surface area contributed by atoms with E-state index in [1.165, 1.54) is 10.5 Å². The number of rotatable bonds is 7. The third-order valence-corrected chi connectivity index (χ3v) is 4.52. The number of anilines is 1. The van der Waals surface area contributed by atoms with E-state index in [9.17, 15) is 14.9 Å². The van der Waals surface area contributed by atoms with Crippen molar-refractivity contribution in [3.63, 3.8) is 0 Å². The zero-order chi connectivity index (χ0) is 20.6. The van der Waals surface area contributed by atoms with Crippen molar-refractivity contribution in [1.82, 2.24) is 14.7 Å². The molecule has 0 spiro atoms. The Morgan fingerprint density at radius 3 is 2.93 bits per heavy atom. The lowest BCUT2D eigenvalue weighted by atomic mass is 10.1. The summed E-state index contributed by atoms with van der Waals surface area (Å²) in [6.07, 6.45) is 3.56. The quantitative estimate of drug-likeness (QED) is 0.414. The van der Waals surface area contributed by atoms with Gasteiger partial charge in [0.25, 0.3) is 11.5 Å². The second-order valence-corrected chi connectivity index (χ2v) is 6.45. The van der Waals surface area contributed by atoms with Crippen molar-refractivity contribution in [2.45, 2.75) is 6.42 Å². The number of nitrogens with zero attached hydrogens (tertiary/aromatic N) is 4. The number of morpholine rings is 1. The lowest BCUT2D eigenvalue weighted by Crippen LogP contribution is -2.38. The van der Waals surface area contributed by atoms with Crippen LogP contribution in [0.2, 0.25) is 0 Å². The standard InChI is InChI=1S/C20H23N5O4/c1-28-10-4-6-22-19(26)15(14-21)13-16-18(24-8-11-29-12-9-24)23-17-5-2-3-7-25(17)20(16)27/h2-3,5,7,13H,4,6,8-12H2,1H3,(H,22,26).